The average Bonchev–Trinajstić information content (AvgIpc) is 2.67. The van der Waals surface area contributed by atoms with E-state index in [1.165, 1.54) is 18.5 Å². The second-order valence-corrected chi connectivity index (χ2v) is 7.67. The van der Waals surface area contributed by atoms with Gasteiger partial charge in [-0.15, -0.1) is 0 Å². The van der Waals surface area contributed by atoms with E-state index in [1.54, 1.807) is 18.3 Å². The van der Waals surface area contributed by atoms with Crippen LogP contribution in [0, 0.1) is 0 Å². The van der Waals surface area contributed by atoms with Crippen LogP contribution in [-0.2, 0) is 16.4 Å². The SMILES string of the molecule is CCNC(=NCCNS(=O)(=O)c1cccnc1)NCCc1ccc(Cl)nc1. The molecule has 3 N–H and O–H groups in total. The Hall–Kier alpha value is -2.23. The Balaban J connectivity index is 1.79. The maximum absolute atomic E-state index is 12.1. The summed E-state index contributed by atoms with van der Waals surface area (Å²) in [6.07, 6.45) is 5.34. The van der Waals surface area contributed by atoms with Crippen LogP contribution < -0.4 is 15.4 Å². The fourth-order valence-electron chi connectivity index (χ4n) is 2.16. The molecule has 0 aliphatic carbocycles. The van der Waals surface area contributed by atoms with Crippen molar-refractivity contribution in [2.45, 2.75) is 18.2 Å². The lowest BCUT2D eigenvalue weighted by molar-refractivity contribution is 0.581. The number of nitrogens with zero attached hydrogens (tertiary/aromatic N) is 3. The summed E-state index contributed by atoms with van der Waals surface area (Å²) in [4.78, 5) is 12.4. The van der Waals surface area contributed by atoms with Crippen molar-refractivity contribution in [3.8, 4) is 0 Å². The van der Waals surface area contributed by atoms with Gasteiger partial charge in [0.25, 0.3) is 0 Å². The molecule has 0 fully saturated rings. The molecule has 146 valence electrons. The first-order valence-corrected chi connectivity index (χ1v) is 10.4. The van der Waals surface area contributed by atoms with Crippen molar-refractivity contribution in [1.29, 1.82) is 0 Å². The standard InChI is InChI=1S/C17H23ClN6O2S/c1-2-20-17(21-9-7-14-5-6-16(18)23-12-14)22-10-11-24-27(25,26)15-4-3-8-19-13-15/h3-6,8,12-13,24H,2,7,9-11H2,1H3,(H2,20,21,22). The molecule has 0 radical (unpaired) electrons. The summed E-state index contributed by atoms with van der Waals surface area (Å²) in [6, 6.07) is 6.75. The molecule has 0 aromatic carbocycles. The highest BCUT2D eigenvalue weighted by Crippen LogP contribution is 2.05. The lowest BCUT2D eigenvalue weighted by Gasteiger charge is -2.11. The monoisotopic (exact) mass is 410 g/mol. The first kappa shape index (κ1) is 21.1. The Morgan fingerprint density at radius 3 is 2.70 bits per heavy atom. The zero-order valence-corrected chi connectivity index (χ0v) is 16.6. The highest BCUT2D eigenvalue weighted by molar-refractivity contribution is 7.89. The van der Waals surface area contributed by atoms with E-state index in [-0.39, 0.29) is 11.4 Å². The third-order valence-electron chi connectivity index (χ3n) is 3.46. The van der Waals surface area contributed by atoms with Crippen LogP contribution in [0.4, 0.5) is 0 Å². The molecule has 2 aromatic heterocycles. The second kappa shape index (κ2) is 10.8. The van der Waals surface area contributed by atoms with Crippen molar-refractivity contribution in [1.82, 2.24) is 25.3 Å². The third kappa shape index (κ3) is 7.49. The average molecular weight is 411 g/mol. The summed E-state index contributed by atoms with van der Waals surface area (Å²) in [5.74, 6) is 0.625. The van der Waals surface area contributed by atoms with Crippen LogP contribution in [0.25, 0.3) is 0 Å². The van der Waals surface area contributed by atoms with E-state index in [0.29, 0.717) is 30.7 Å². The Morgan fingerprint density at radius 1 is 1.19 bits per heavy atom. The highest BCUT2D eigenvalue weighted by Gasteiger charge is 2.12. The minimum Gasteiger partial charge on any atom is -0.357 e. The van der Waals surface area contributed by atoms with Crippen LogP contribution in [0.15, 0.2) is 52.7 Å². The van der Waals surface area contributed by atoms with Crippen LogP contribution >= 0.6 is 11.6 Å². The summed E-state index contributed by atoms with van der Waals surface area (Å²) >= 11 is 5.77. The fourth-order valence-corrected chi connectivity index (χ4v) is 3.25. The molecule has 8 nitrogen and oxygen atoms in total. The maximum atomic E-state index is 12.1. The minimum absolute atomic E-state index is 0.135. The molecular formula is C17H23ClN6O2S. The van der Waals surface area contributed by atoms with Crippen LogP contribution in [0.3, 0.4) is 0 Å². The van der Waals surface area contributed by atoms with Gasteiger partial charge in [0.15, 0.2) is 5.96 Å². The van der Waals surface area contributed by atoms with Crippen LogP contribution in [0.2, 0.25) is 5.15 Å². The predicted octanol–water partition coefficient (Wildman–Crippen LogP) is 1.21. The van der Waals surface area contributed by atoms with Crippen LogP contribution in [-0.4, -0.2) is 50.5 Å². The molecular weight excluding hydrogens is 388 g/mol. The molecule has 0 saturated carbocycles. The minimum atomic E-state index is -3.57. The van der Waals surface area contributed by atoms with Gasteiger partial charge in [0, 0.05) is 38.2 Å². The number of rotatable bonds is 9. The number of aromatic nitrogens is 2. The van der Waals surface area contributed by atoms with Gasteiger partial charge in [0.2, 0.25) is 10.0 Å². The number of aliphatic imine (C=N–C) groups is 1. The molecule has 27 heavy (non-hydrogen) atoms. The molecule has 0 spiro atoms. The molecule has 0 bridgehead atoms. The van der Waals surface area contributed by atoms with Crippen molar-refractivity contribution >= 4 is 27.6 Å². The van der Waals surface area contributed by atoms with E-state index in [1.807, 2.05) is 13.0 Å². The quantitative estimate of drug-likeness (QED) is 0.248. The summed E-state index contributed by atoms with van der Waals surface area (Å²) in [7, 11) is -3.57. The van der Waals surface area contributed by atoms with Gasteiger partial charge in [-0.05, 0) is 37.1 Å². The van der Waals surface area contributed by atoms with Crippen molar-refractivity contribution < 1.29 is 8.42 Å². The zero-order chi connectivity index (χ0) is 19.5. The Labute approximate surface area is 164 Å². The van der Waals surface area contributed by atoms with E-state index < -0.39 is 10.0 Å². The lowest BCUT2D eigenvalue weighted by atomic mass is 10.2. The van der Waals surface area contributed by atoms with Crippen LogP contribution in [0.1, 0.15) is 12.5 Å². The number of nitrogens with one attached hydrogen (secondary N) is 3. The van der Waals surface area contributed by atoms with Gasteiger partial charge in [-0.3, -0.25) is 9.98 Å². The fraction of sp³-hybridized carbons (Fsp3) is 0.353. The largest absolute Gasteiger partial charge is 0.357 e. The molecule has 10 heteroatoms. The van der Waals surface area contributed by atoms with Crippen molar-refractivity contribution in [2.75, 3.05) is 26.2 Å². The normalized spacial score (nSPS) is 12.0. The summed E-state index contributed by atoms with van der Waals surface area (Å²) in [6.45, 7) is 3.82. The molecule has 2 rings (SSSR count). The van der Waals surface area contributed by atoms with Crippen molar-refractivity contribution in [3.63, 3.8) is 0 Å². The number of halogens is 1. The number of sulfonamides is 1. The summed E-state index contributed by atoms with van der Waals surface area (Å²) in [5, 5.41) is 6.79. The Morgan fingerprint density at radius 2 is 2.04 bits per heavy atom. The van der Waals surface area contributed by atoms with Gasteiger partial charge in [0.05, 0.1) is 6.54 Å². The van der Waals surface area contributed by atoms with Gasteiger partial charge in [-0.25, -0.2) is 18.1 Å². The van der Waals surface area contributed by atoms with Gasteiger partial charge in [-0.1, -0.05) is 17.7 Å². The topological polar surface area (TPSA) is 108 Å². The molecule has 0 aliphatic heterocycles. The Bertz CT molecular complexity index is 828. The van der Waals surface area contributed by atoms with Gasteiger partial charge >= 0.3 is 0 Å². The first-order chi connectivity index (χ1) is 13.0. The maximum Gasteiger partial charge on any atom is 0.242 e. The van der Waals surface area contributed by atoms with Gasteiger partial charge in [0.1, 0.15) is 10.0 Å². The molecule has 0 amide bonds. The number of pyridine rings is 2. The van der Waals surface area contributed by atoms with E-state index in [4.69, 9.17) is 11.6 Å². The zero-order valence-electron chi connectivity index (χ0n) is 15.0. The predicted molar refractivity (Wildman–Crippen MR) is 106 cm³/mol. The summed E-state index contributed by atoms with van der Waals surface area (Å²) in [5.41, 5.74) is 1.06. The smallest absolute Gasteiger partial charge is 0.242 e. The van der Waals surface area contributed by atoms with E-state index in [2.05, 4.69) is 30.3 Å². The third-order valence-corrected chi connectivity index (χ3v) is 5.13. The van der Waals surface area contributed by atoms with Crippen molar-refractivity contribution in [3.05, 3.63) is 53.6 Å². The second-order valence-electron chi connectivity index (χ2n) is 5.51. The van der Waals surface area contributed by atoms with E-state index in [0.717, 1.165) is 12.0 Å². The molecule has 0 atom stereocenters. The molecule has 2 aromatic rings. The number of guanidine groups is 1. The molecule has 0 aliphatic rings. The van der Waals surface area contributed by atoms with E-state index in [9.17, 15) is 8.42 Å². The lowest BCUT2D eigenvalue weighted by Crippen LogP contribution is -2.39. The summed E-state index contributed by atoms with van der Waals surface area (Å²) < 4.78 is 26.7. The number of hydrogen-bond acceptors (Lipinski definition) is 5. The molecule has 2 heterocycles. The molecule has 0 saturated heterocycles. The molecule has 0 unspecified atom stereocenters. The Kier molecular flexibility index (Phi) is 8.43. The van der Waals surface area contributed by atoms with Crippen molar-refractivity contribution in [2.24, 2.45) is 4.99 Å². The van der Waals surface area contributed by atoms with Crippen LogP contribution in [0.5, 0.6) is 0 Å². The van der Waals surface area contributed by atoms with E-state index >= 15 is 0 Å². The first-order valence-electron chi connectivity index (χ1n) is 8.53. The van der Waals surface area contributed by atoms with Gasteiger partial charge < -0.3 is 10.6 Å². The highest BCUT2D eigenvalue weighted by atomic mass is 35.5. The van der Waals surface area contributed by atoms with Gasteiger partial charge in [-0.2, -0.15) is 0 Å². The number of hydrogen-bond donors (Lipinski definition) is 3.